The van der Waals surface area contributed by atoms with E-state index in [0.29, 0.717) is 24.4 Å². The minimum absolute atomic E-state index is 0.346. The van der Waals surface area contributed by atoms with Gasteiger partial charge in [-0.05, 0) is 54.8 Å². The predicted molar refractivity (Wildman–Crippen MR) is 137 cm³/mol. The zero-order valence-corrected chi connectivity index (χ0v) is 20.3. The number of methoxy groups -OCH3 is 1. The molecular formula is C28H28N2O3S. The van der Waals surface area contributed by atoms with Gasteiger partial charge in [0.25, 0.3) is 0 Å². The van der Waals surface area contributed by atoms with E-state index in [-0.39, 0.29) is 0 Å². The fraction of sp³-hybridized carbons (Fsp3) is 0.214. The van der Waals surface area contributed by atoms with Gasteiger partial charge in [0.2, 0.25) is 10.0 Å². The molecule has 0 bridgehead atoms. The van der Waals surface area contributed by atoms with Gasteiger partial charge in [-0.2, -0.15) is 4.31 Å². The van der Waals surface area contributed by atoms with E-state index in [9.17, 15) is 8.42 Å². The summed E-state index contributed by atoms with van der Waals surface area (Å²) in [4.78, 5) is 0.346. The van der Waals surface area contributed by atoms with Crippen molar-refractivity contribution in [1.29, 1.82) is 0 Å². The molecule has 34 heavy (non-hydrogen) atoms. The molecule has 0 amide bonds. The van der Waals surface area contributed by atoms with Crippen LogP contribution in [-0.4, -0.2) is 37.5 Å². The van der Waals surface area contributed by atoms with Gasteiger partial charge in [-0.3, -0.25) is 0 Å². The lowest BCUT2D eigenvalue weighted by Crippen LogP contribution is -2.34. The molecule has 4 aromatic rings. The molecule has 1 aliphatic heterocycles. The van der Waals surface area contributed by atoms with Gasteiger partial charge in [0.15, 0.2) is 0 Å². The number of para-hydroxylation sites is 1. The van der Waals surface area contributed by atoms with Crippen molar-refractivity contribution in [2.24, 2.45) is 0 Å². The molecule has 0 N–H and O–H groups in total. The number of fused-ring (bicyclic) bond motifs is 1. The van der Waals surface area contributed by atoms with Crippen molar-refractivity contribution in [3.63, 3.8) is 0 Å². The quantitative estimate of drug-likeness (QED) is 0.373. The minimum atomic E-state index is -3.49. The summed E-state index contributed by atoms with van der Waals surface area (Å²) in [6, 6.07) is 25.3. The van der Waals surface area contributed by atoms with Crippen LogP contribution in [0.2, 0.25) is 0 Å². The molecule has 174 valence electrons. The summed E-state index contributed by atoms with van der Waals surface area (Å²) in [5.41, 5.74) is 6.02. The van der Waals surface area contributed by atoms with Crippen LogP contribution in [0, 0.1) is 6.92 Å². The van der Waals surface area contributed by atoms with E-state index in [4.69, 9.17) is 4.74 Å². The second kappa shape index (κ2) is 9.12. The number of hydrogen-bond donors (Lipinski definition) is 0. The van der Waals surface area contributed by atoms with Gasteiger partial charge < -0.3 is 9.30 Å². The van der Waals surface area contributed by atoms with Gasteiger partial charge in [-0.15, -0.1) is 0 Å². The lowest BCUT2D eigenvalue weighted by molar-refractivity contribution is 0.414. The van der Waals surface area contributed by atoms with E-state index in [1.54, 1.807) is 35.7 Å². The Kier molecular flexibility index (Phi) is 6.02. The van der Waals surface area contributed by atoms with Gasteiger partial charge in [-0.1, -0.05) is 54.6 Å². The molecular weight excluding hydrogens is 444 g/mol. The number of aromatic nitrogens is 1. The third-order valence-corrected chi connectivity index (χ3v) is 8.48. The number of sulfonamides is 1. The van der Waals surface area contributed by atoms with E-state index in [1.165, 1.54) is 33.3 Å². The molecule has 0 atom stereocenters. The molecule has 5 nitrogen and oxygen atoms in total. The van der Waals surface area contributed by atoms with Gasteiger partial charge in [0.1, 0.15) is 5.75 Å². The van der Waals surface area contributed by atoms with Crippen LogP contribution in [0.1, 0.15) is 23.2 Å². The molecule has 0 spiro atoms. The Bertz CT molecular complexity index is 1450. The summed E-state index contributed by atoms with van der Waals surface area (Å²) in [6.07, 6.45) is 2.76. The molecule has 3 aromatic carbocycles. The first-order valence-corrected chi connectivity index (χ1v) is 12.9. The summed E-state index contributed by atoms with van der Waals surface area (Å²) in [5, 5.41) is 1.21. The standard InChI is InChI=1S/C28H28N2O3S/c1-21-28(23-16-18-29(19-17-23)34(31,32)25-8-4-3-5-9-25)26-10-6-7-11-27(26)30(21)20-22-12-14-24(33-2)15-13-22/h3-16H,17-20H2,1-2H3. The summed E-state index contributed by atoms with van der Waals surface area (Å²) in [5.74, 6) is 0.848. The number of nitrogens with zero attached hydrogens (tertiary/aromatic N) is 2. The lowest BCUT2D eigenvalue weighted by atomic mass is 9.97. The van der Waals surface area contributed by atoms with Gasteiger partial charge in [0, 0.05) is 41.8 Å². The van der Waals surface area contributed by atoms with Crippen molar-refractivity contribution in [2.75, 3.05) is 20.2 Å². The van der Waals surface area contributed by atoms with Crippen molar-refractivity contribution in [1.82, 2.24) is 8.87 Å². The lowest BCUT2D eigenvalue weighted by Gasteiger charge is -2.26. The van der Waals surface area contributed by atoms with Gasteiger partial charge in [0.05, 0.1) is 12.0 Å². The van der Waals surface area contributed by atoms with Crippen LogP contribution >= 0.6 is 0 Å². The van der Waals surface area contributed by atoms with Crippen molar-refractivity contribution < 1.29 is 13.2 Å². The van der Waals surface area contributed by atoms with Crippen LogP contribution in [0.15, 0.2) is 89.8 Å². The molecule has 2 heterocycles. The molecule has 6 heteroatoms. The van der Waals surface area contributed by atoms with Crippen LogP contribution < -0.4 is 4.74 Å². The van der Waals surface area contributed by atoms with Crippen LogP contribution in [0.5, 0.6) is 5.75 Å². The third kappa shape index (κ3) is 4.04. The fourth-order valence-electron chi connectivity index (χ4n) is 4.79. The van der Waals surface area contributed by atoms with E-state index in [1.807, 2.05) is 18.2 Å². The average Bonchev–Trinajstić information content (AvgIpc) is 3.16. The Labute approximate surface area is 201 Å². The second-order valence-corrected chi connectivity index (χ2v) is 10.5. The molecule has 1 aliphatic rings. The summed E-state index contributed by atoms with van der Waals surface area (Å²) < 4.78 is 35.3. The minimum Gasteiger partial charge on any atom is -0.497 e. The molecule has 0 saturated heterocycles. The third-order valence-electron chi connectivity index (χ3n) is 6.60. The number of rotatable bonds is 6. The monoisotopic (exact) mass is 472 g/mol. The predicted octanol–water partition coefficient (Wildman–Crippen LogP) is 5.48. The van der Waals surface area contributed by atoms with E-state index in [2.05, 4.69) is 54.0 Å². The number of benzene rings is 3. The van der Waals surface area contributed by atoms with Crippen LogP contribution in [0.3, 0.4) is 0 Å². The van der Waals surface area contributed by atoms with Crippen LogP contribution in [-0.2, 0) is 16.6 Å². The largest absolute Gasteiger partial charge is 0.497 e. The van der Waals surface area contributed by atoms with E-state index in [0.717, 1.165) is 12.3 Å². The van der Waals surface area contributed by atoms with Crippen molar-refractivity contribution >= 4 is 26.5 Å². The number of hydrogen-bond acceptors (Lipinski definition) is 3. The Morgan fingerprint density at radius 1 is 0.912 bits per heavy atom. The first kappa shape index (κ1) is 22.4. The molecule has 0 saturated carbocycles. The van der Waals surface area contributed by atoms with Crippen molar-refractivity contribution in [3.8, 4) is 5.75 Å². The van der Waals surface area contributed by atoms with E-state index < -0.39 is 10.0 Å². The highest BCUT2D eigenvalue weighted by Gasteiger charge is 2.27. The molecule has 0 radical (unpaired) electrons. The zero-order valence-electron chi connectivity index (χ0n) is 19.4. The van der Waals surface area contributed by atoms with Crippen molar-refractivity contribution in [2.45, 2.75) is 24.8 Å². The zero-order chi connectivity index (χ0) is 23.7. The van der Waals surface area contributed by atoms with Crippen molar-refractivity contribution in [3.05, 3.63) is 102 Å². The Balaban J connectivity index is 1.48. The Morgan fingerprint density at radius 2 is 1.62 bits per heavy atom. The Hall–Kier alpha value is -3.35. The van der Waals surface area contributed by atoms with Crippen LogP contribution in [0.4, 0.5) is 0 Å². The van der Waals surface area contributed by atoms with Crippen LogP contribution in [0.25, 0.3) is 16.5 Å². The smallest absolute Gasteiger partial charge is 0.243 e. The molecule has 0 unspecified atom stereocenters. The van der Waals surface area contributed by atoms with Gasteiger partial charge in [-0.25, -0.2) is 8.42 Å². The second-order valence-electron chi connectivity index (χ2n) is 8.57. The summed E-state index contributed by atoms with van der Waals surface area (Å²) in [7, 11) is -1.81. The maximum Gasteiger partial charge on any atom is 0.243 e. The first-order chi connectivity index (χ1) is 16.5. The maximum absolute atomic E-state index is 13.0. The van der Waals surface area contributed by atoms with Gasteiger partial charge >= 0.3 is 0 Å². The highest BCUT2D eigenvalue weighted by Crippen LogP contribution is 2.35. The first-order valence-electron chi connectivity index (χ1n) is 11.4. The normalized spacial score (nSPS) is 14.8. The highest BCUT2D eigenvalue weighted by molar-refractivity contribution is 7.89. The van der Waals surface area contributed by atoms with E-state index >= 15 is 0 Å². The SMILES string of the molecule is COc1ccc(Cn2c(C)c(C3=CCN(S(=O)(=O)c4ccccc4)CC3)c3ccccc32)cc1. The molecule has 0 aliphatic carbocycles. The highest BCUT2D eigenvalue weighted by atomic mass is 32.2. The topological polar surface area (TPSA) is 51.5 Å². The molecule has 5 rings (SSSR count). The molecule has 0 fully saturated rings. The summed E-state index contributed by atoms with van der Waals surface area (Å²) in [6.45, 7) is 3.77. The summed E-state index contributed by atoms with van der Waals surface area (Å²) >= 11 is 0. The number of ether oxygens (including phenoxy) is 1. The Morgan fingerprint density at radius 3 is 2.29 bits per heavy atom. The molecule has 1 aromatic heterocycles. The average molecular weight is 473 g/mol. The maximum atomic E-state index is 13.0. The fourth-order valence-corrected chi connectivity index (χ4v) is 6.19.